The zero-order chi connectivity index (χ0) is 46.5. The molecule has 0 aromatic rings. The normalized spacial score (nSPS) is 12.9. The summed E-state index contributed by atoms with van der Waals surface area (Å²) in [4.78, 5) is 37.9. The van der Waals surface area contributed by atoms with E-state index < -0.39 is 6.10 Å². The lowest BCUT2D eigenvalue weighted by Crippen LogP contribution is -2.30. The molecule has 0 rings (SSSR count). The minimum atomic E-state index is -0.810. The van der Waals surface area contributed by atoms with Crippen LogP contribution in [0.2, 0.25) is 0 Å². The van der Waals surface area contributed by atoms with Crippen LogP contribution in [-0.2, 0) is 28.6 Å². The minimum absolute atomic E-state index is 0.110. The molecular weight excluding hydrogens is 793 g/mol. The zero-order valence-electron chi connectivity index (χ0n) is 41.5. The highest BCUT2D eigenvalue weighted by atomic mass is 16.6. The van der Waals surface area contributed by atoms with E-state index in [2.05, 4.69) is 118 Å². The molecule has 0 saturated heterocycles. The lowest BCUT2D eigenvalue weighted by molar-refractivity contribution is -0.167. The third kappa shape index (κ3) is 49.3. The molecule has 0 saturated carbocycles. The monoisotopic (exact) mass is 889 g/mol. The van der Waals surface area contributed by atoms with Crippen molar-refractivity contribution in [3.63, 3.8) is 0 Å². The Bertz CT molecular complexity index is 1300. The Hall–Kier alpha value is -3.67. The minimum Gasteiger partial charge on any atom is -0.462 e. The molecule has 0 aromatic carbocycles. The molecule has 0 heterocycles. The Labute approximate surface area is 394 Å². The number of allylic oxidation sites excluding steroid dienone is 16. The maximum Gasteiger partial charge on any atom is 0.306 e. The third-order valence-corrected chi connectivity index (χ3v) is 10.8. The predicted molar refractivity (Wildman–Crippen MR) is 274 cm³/mol. The van der Waals surface area contributed by atoms with Crippen LogP contribution in [-0.4, -0.2) is 37.2 Å². The maximum atomic E-state index is 12.8. The first-order chi connectivity index (χ1) is 31.5. The standard InChI is InChI=1S/C58H96O6/c1-4-7-10-13-16-19-22-24-26-28-29-30-32-33-36-39-42-45-48-51-57(60)63-54-55(53-62-56(59)50-47-44-41-38-35-21-18-15-12-9-6-3)64-58(61)52-49-46-43-40-37-34-31-27-25-23-20-17-14-11-8-5-2/h7,9-10,12,16,18-19,21,24,26,29-30,33,36,38,41,55H,4-6,8,11,13-15,17,20,22-23,25,27-28,31-32,34-35,37,39-40,42-54H2,1-3H3/b10-7-,12-9-,19-16-,21-18-,26-24-,30-29-,36-33-,41-38-. The van der Waals surface area contributed by atoms with Gasteiger partial charge in [-0.1, -0.05) is 221 Å². The molecule has 0 aromatic heterocycles. The molecule has 0 amide bonds. The third-order valence-electron chi connectivity index (χ3n) is 10.8. The van der Waals surface area contributed by atoms with Gasteiger partial charge in [0.15, 0.2) is 6.10 Å². The van der Waals surface area contributed by atoms with E-state index in [4.69, 9.17) is 14.2 Å². The van der Waals surface area contributed by atoms with Crippen LogP contribution < -0.4 is 0 Å². The number of hydrogen-bond acceptors (Lipinski definition) is 6. The van der Waals surface area contributed by atoms with Gasteiger partial charge in [0.1, 0.15) is 13.2 Å². The first kappa shape index (κ1) is 60.3. The summed E-state index contributed by atoms with van der Waals surface area (Å²) >= 11 is 0. The molecule has 64 heavy (non-hydrogen) atoms. The maximum absolute atomic E-state index is 12.8. The lowest BCUT2D eigenvalue weighted by Gasteiger charge is -2.18. The zero-order valence-corrected chi connectivity index (χ0v) is 41.5. The van der Waals surface area contributed by atoms with Crippen LogP contribution in [0.25, 0.3) is 0 Å². The van der Waals surface area contributed by atoms with Crippen LogP contribution in [0.15, 0.2) is 97.2 Å². The lowest BCUT2D eigenvalue weighted by atomic mass is 10.0. The first-order valence-electron chi connectivity index (χ1n) is 26.2. The molecule has 0 spiro atoms. The number of rotatable bonds is 46. The van der Waals surface area contributed by atoms with Crippen molar-refractivity contribution < 1.29 is 28.6 Å². The molecule has 6 heteroatoms. The molecule has 0 N–H and O–H groups in total. The van der Waals surface area contributed by atoms with Crippen LogP contribution in [0.1, 0.15) is 233 Å². The van der Waals surface area contributed by atoms with Gasteiger partial charge in [0, 0.05) is 19.3 Å². The quantitative estimate of drug-likeness (QED) is 0.0262. The fourth-order valence-corrected chi connectivity index (χ4v) is 6.96. The summed E-state index contributed by atoms with van der Waals surface area (Å²) in [6.45, 7) is 6.33. The smallest absolute Gasteiger partial charge is 0.306 e. The van der Waals surface area contributed by atoms with E-state index in [1.807, 2.05) is 0 Å². The Balaban J connectivity index is 4.46. The largest absolute Gasteiger partial charge is 0.462 e. The van der Waals surface area contributed by atoms with E-state index in [0.717, 1.165) is 103 Å². The van der Waals surface area contributed by atoms with Crippen molar-refractivity contribution in [2.45, 2.75) is 239 Å². The molecule has 0 bridgehead atoms. The Morgan fingerprint density at radius 2 is 0.625 bits per heavy atom. The van der Waals surface area contributed by atoms with Gasteiger partial charge in [0.25, 0.3) is 0 Å². The predicted octanol–water partition coefficient (Wildman–Crippen LogP) is 17.4. The highest BCUT2D eigenvalue weighted by molar-refractivity contribution is 5.71. The highest BCUT2D eigenvalue weighted by Crippen LogP contribution is 2.15. The van der Waals surface area contributed by atoms with Crippen LogP contribution in [0, 0.1) is 0 Å². The molecule has 0 aliphatic rings. The van der Waals surface area contributed by atoms with Gasteiger partial charge >= 0.3 is 17.9 Å². The number of carbonyl (C=O) groups is 3. The second kappa shape index (κ2) is 52.0. The average Bonchev–Trinajstić information content (AvgIpc) is 3.29. The summed E-state index contributed by atoms with van der Waals surface area (Å²) in [6.07, 6.45) is 68.3. The van der Waals surface area contributed by atoms with Gasteiger partial charge in [-0.15, -0.1) is 0 Å². The molecule has 1 unspecified atom stereocenters. The summed E-state index contributed by atoms with van der Waals surface area (Å²) in [5.41, 5.74) is 0. The molecule has 364 valence electrons. The average molecular weight is 889 g/mol. The van der Waals surface area contributed by atoms with Gasteiger partial charge in [-0.25, -0.2) is 0 Å². The molecule has 1 atom stereocenters. The highest BCUT2D eigenvalue weighted by Gasteiger charge is 2.19. The van der Waals surface area contributed by atoms with Gasteiger partial charge in [0.2, 0.25) is 0 Å². The Morgan fingerprint density at radius 3 is 1.02 bits per heavy atom. The molecule has 0 aliphatic heterocycles. The number of hydrogen-bond donors (Lipinski definition) is 0. The number of esters is 3. The Morgan fingerprint density at radius 1 is 0.328 bits per heavy atom. The van der Waals surface area contributed by atoms with Gasteiger partial charge in [0.05, 0.1) is 0 Å². The molecule has 0 fully saturated rings. The van der Waals surface area contributed by atoms with E-state index in [9.17, 15) is 14.4 Å². The SMILES string of the molecule is CC/C=C\C/C=C\C/C=C\C/C=C\C/C=C\CCCCCC(=O)OCC(COC(=O)CCC/C=C\C/C=C\C/C=C\CC)OC(=O)CCCCCCCCCCCCCCCCCC. The van der Waals surface area contributed by atoms with Crippen molar-refractivity contribution in [1.29, 1.82) is 0 Å². The molecule has 0 radical (unpaired) electrons. The van der Waals surface area contributed by atoms with Crippen molar-refractivity contribution in [3.05, 3.63) is 97.2 Å². The second-order valence-electron chi connectivity index (χ2n) is 17.0. The summed E-state index contributed by atoms with van der Waals surface area (Å²) in [5.74, 6) is -0.995. The Kier molecular flexibility index (Phi) is 49.0. The number of ether oxygens (including phenoxy) is 3. The van der Waals surface area contributed by atoms with Gasteiger partial charge < -0.3 is 14.2 Å². The van der Waals surface area contributed by atoms with Gasteiger partial charge in [-0.2, -0.15) is 0 Å². The fourth-order valence-electron chi connectivity index (χ4n) is 6.96. The molecule has 0 aliphatic carbocycles. The van der Waals surface area contributed by atoms with E-state index in [0.29, 0.717) is 19.3 Å². The van der Waals surface area contributed by atoms with Crippen LogP contribution in [0.4, 0.5) is 0 Å². The fraction of sp³-hybridized carbons (Fsp3) is 0.672. The topological polar surface area (TPSA) is 78.9 Å². The molecule has 6 nitrogen and oxygen atoms in total. The molecular formula is C58H96O6. The number of carbonyl (C=O) groups excluding carboxylic acids is 3. The van der Waals surface area contributed by atoms with Gasteiger partial charge in [-0.3, -0.25) is 14.4 Å². The first-order valence-corrected chi connectivity index (χ1v) is 26.2. The summed E-state index contributed by atoms with van der Waals surface area (Å²) < 4.78 is 16.7. The summed E-state index contributed by atoms with van der Waals surface area (Å²) in [6, 6.07) is 0. The van der Waals surface area contributed by atoms with E-state index in [1.165, 1.54) is 83.5 Å². The van der Waals surface area contributed by atoms with E-state index in [1.54, 1.807) is 0 Å². The van der Waals surface area contributed by atoms with Crippen molar-refractivity contribution in [1.82, 2.24) is 0 Å². The van der Waals surface area contributed by atoms with Crippen molar-refractivity contribution in [2.75, 3.05) is 13.2 Å². The van der Waals surface area contributed by atoms with Crippen LogP contribution >= 0.6 is 0 Å². The van der Waals surface area contributed by atoms with E-state index >= 15 is 0 Å². The van der Waals surface area contributed by atoms with Crippen molar-refractivity contribution in [2.24, 2.45) is 0 Å². The van der Waals surface area contributed by atoms with Crippen LogP contribution in [0.5, 0.6) is 0 Å². The number of unbranched alkanes of at least 4 members (excludes halogenated alkanes) is 19. The summed E-state index contributed by atoms with van der Waals surface area (Å²) in [7, 11) is 0. The van der Waals surface area contributed by atoms with Crippen molar-refractivity contribution >= 4 is 17.9 Å². The van der Waals surface area contributed by atoms with Crippen molar-refractivity contribution in [3.8, 4) is 0 Å². The van der Waals surface area contributed by atoms with Gasteiger partial charge in [-0.05, 0) is 89.9 Å². The van der Waals surface area contributed by atoms with E-state index in [-0.39, 0.29) is 37.5 Å². The second-order valence-corrected chi connectivity index (χ2v) is 17.0. The van der Waals surface area contributed by atoms with Crippen LogP contribution in [0.3, 0.4) is 0 Å². The summed E-state index contributed by atoms with van der Waals surface area (Å²) in [5, 5.41) is 0.